The minimum atomic E-state index is -1.01. The lowest BCUT2D eigenvalue weighted by Gasteiger charge is -2.33. The van der Waals surface area contributed by atoms with E-state index >= 15 is 0 Å². The standard InChI is InChI=1S/C15H30N2O4/c1-6-17(7-8-18)13(11(4)5)14(19)16-12(15(20)21)9-10(2)3/h10-13,18H,6-9H2,1-5H3,(H,16,19)(H,20,21). The van der Waals surface area contributed by atoms with Gasteiger partial charge in [-0.1, -0.05) is 34.6 Å². The maximum atomic E-state index is 12.5. The number of carboxylic acids is 1. The van der Waals surface area contributed by atoms with E-state index in [9.17, 15) is 14.7 Å². The summed E-state index contributed by atoms with van der Waals surface area (Å²) >= 11 is 0. The third kappa shape index (κ3) is 6.91. The minimum Gasteiger partial charge on any atom is -0.480 e. The molecule has 0 aliphatic carbocycles. The number of likely N-dealkylation sites (N-methyl/N-ethyl adjacent to an activating group) is 1. The predicted octanol–water partition coefficient (Wildman–Crippen LogP) is 0.941. The molecule has 0 radical (unpaired) electrons. The minimum absolute atomic E-state index is 0.0291. The Morgan fingerprint density at radius 1 is 1.19 bits per heavy atom. The first kappa shape index (κ1) is 19.9. The van der Waals surface area contributed by atoms with Gasteiger partial charge in [-0.25, -0.2) is 4.79 Å². The fourth-order valence-corrected chi connectivity index (χ4v) is 2.46. The number of carbonyl (C=O) groups excluding carboxylic acids is 1. The van der Waals surface area contributed by atoms with Crippen molar-refractivity contribution in [3.8, 4) is 0 Å². The second kappa shape index (κ2) is 9.73. The van der Waals surface area contributed by atoms with E-state index in [0.717, 1.165) is 0 Å². The Hall–Kier alpha value is -1.14. The molecule has 0 fully saturated rings. The lowest BCUT2D eigenvalue weighted by molar-refractivity contribution is -0.143. The molecule has 6 heteroatoms. The third-order valence-corrected chi connectivity index (χ3v) is 3.41. The van der Waals surface area contributed by atoms with E-state index in [1.54, 1.807) is 0 Å². The first-order valence-corrected chi connectivity index (χ1v) is 7.62. The molecule has 124 valence electrons. The highest BCUT2D eigenvalue weighted by molar-refractivity contribution is 5.87. The van der Waals surface area contributed by atoms with Gasteiger partial charge in [0.05, 0.1) is 12.6 Å². The molecule has 6 nitrogen and oxygen atoms in total. The van der Waals surface area contributed by atoms with Crippen molar-refractivity contribution in [2.24, 2.45) is 11.8 Å². The zero-order valence-electron chi connectivity index (χ0n) is 13.8. The number of hydrogen-bond acceptors (Lipinski definition) is 4. The van der Waals surface area contributed by atoms with Crippen LogP contribution in [0.4, 0.5) is 0 Å². The molecule has 0 aromatic carbocycles. The monoisotopic (exact) mass is 302 g/mol. The highest BCUT2D eigenvalue weighted by Gasteiger charge is 2.31. The Morgan fingerprint density at radius 3 is 2.10 bits per heavy atom. The van der Waals surface area contributed by atoms with Gasteiger partial charge in [0, 0.05) is 6.54 Å². The Bertz CT molecular complexity index is 332. The average Bonchev–Trinajstić information content (AvgIpc) is 2.36. The molecule has 0 heterocycles. The second-order valence-corrected chi connectivity index (χ2v) is 6.07. The van der Waals surface area contributed by atoms with Gasteiger partial charge < -0.3 is 15.5 Å². The van der Waals surface area contributed by atoms with Crippen molar-refractivity contribution >= 4 is 11.9 Å². The Kier molecular flexibility index (Phi) is 9.21. The number of aliphatic carboxylic acids is 1. The predicted molar refractivity (Wildman–Crippen MR) is 82.0 cm³/mol. The smallest absolute Gasteiger partial charge is 0.326 e. The van der Waals surface area contributed by atoms with Crippen LogP contribution in [0.15, 0.2) is 0 Å². The number of carbonyl (C=O) groups is 2. The molecule has 0 bridgehead atoms. The number of nitrogens with one attached hydrogen (secondary N) is 1. The highest BCUT2D eigenvalue weighted by atomic mass is 16.4. The van der Waals surface area contributed by atoms with E-state index in [2.05, 4.69) is 5.32 Å². The molecule has 21 heavy (non-hydrogen) atoms. The zero-order valence-corrected chi connectivity index (χ0v) is 13.8. The van der Waals surface area contributed by atoms with Gasteiger partial charge in [0.2, 0.25) is 5.91 Å². The van der Waals surface area contributed by atoms with Gasteiger partial charge in [0.1, 0.15) is 6.04 Å². The molecule has 0 aromatic rings. The van der Waals surface area contributed by atoms with E-state index < -0.39 is 18.1 Å². The number of amides is 1. The summed E-state index contributed by atoms with van der Waals surface area (Å²) in [7, 11) is 0. The number of aliphatic hydroxyl groups excluding tert-OH is 1. The highest BCUT2D eigenvalue weighted by Crippen LogP contribution is 2.13. The molecule has 0 aliphatic heterocycles. The quantitative estimate of drug-likeness (QED) is 0.559. The largest absolute Gasteiger partial charge is 0.480 e. The van der Waals surface area contributed by atoms with Crippen molar-refractivity contribution in [1.82, 2.24) is 10.2 Å². The van der Waals surface area contributed by atoms with Gasteiger partial charge >= 0.3 is 5.97 Å². The maximum absolute atomic E-state index is 12.5. The molecular weight excluding hydrogens is 272 g/mol. The Labute approximate surface area is 127 Å². The van der Waals surface area contributed by atoms with Crippen molar-refractivity contribution in [3.63, 3.8) is 0 Å². The van der Waals surface area contributed by atoms with Crippen LogP contribution < -0.4 is 5.32 Å². The molecule has 0 spiro atoms. The summed E-state index contributed by atoms with van der Waals surface area (Å²) in [5, 5.41) is 21.0. The summed E-state index contributed by atoms with van der Waals surface area (Å²) in [4.78, 5) is 25.6. The van der Waals surface area contributed by atoms with E-state index in [-0.39, 0.29) is 24.3 Å². The van der Waals surface area contributed by atoms with Crippen LogP contribution in [-0.2, 0) is 9.59 Å². The van der Waals surface area contributed by atoms with Crippen molar-refractivity contribution in [1.29, 1.82) is 0 Å². The number of carboxylic acid groups (broad SMARTS) is 1. The van der Waals surface area contributed by atoms with Gasteiger partial charge in [-0.3, -0.25) is 9.69 Å². The van der Waals surface area contributed by atoms with Gasteiger partial charge in [0.15, 0.2) is 0 Å². The van der Waals surface area contributed by atoms with Crippen LogP contribution >= 0.6 is 0 Å². The summed E-state index contributed by atoms with van der Waals surface area (Å²) in [6.07, 6.45) is 0.401. The van der Waals surface area contributed by atoms with Crippen LogP contribution in [0.1, 0.15) is 41.0 Å². The van der Waals surface area contributed by atoms with Crippen LogP contribution in [0, 0.1) is 11.8 Å². The lowest BCUT2D eigenvalue weighted by atomic mass is 9.99. The molecule has 0 aliphatic rings. The molecule has 3 N–H and O–H groups in total. The molecule has 0 saturated heterocycles. The SMILES string of the molecule is CCN(CCO)C(C(=O)NC(CC(C)C)C(=O)O)C(C)C. The normalized spacial score (nSPS) is 14.5. The second-order valence-electron chi connectivity index (χ2n) is 6.07. The summed E-state index contributed by atoms with van der Waals surface area (Å²) in [5.41, 5.74) is 0. The molecule has 2 unspecified atom stereocenters. The molecule has 1 amide bonds. The van der Waals surface area contributed by atoms with Gasteiger partial charge in [-0.2, -0.15) is 0 Å². The van der Waals surface area contributed by atoms with Crippen molar-refractivity contribution in [3.05, 3.63) is 0 Å². The summed E-state index contributed by atoms with van der Waals surface area (Å²) in [6.45, 7) is 10.6. The van der Waals surface area contributed by atoms with Crippen LogP contribution in [0.25, 0.3) is 0 Å². The van der Waals surface area contributed by atoms with Crippen LogP contribution in [-0.4, -0.2) is 58.8 Å². The van der Waals surface area contributed by atoms with Gasteiger partial charge in [-0.05, 0) is 24.8 Å². The van der Waals surface area contributed by atoms with Crippen LogP contribution in [0.2, 0.25) is 0 Å². The number of nitrogens with zero attached hydrogens (tertiary/aromatic N) is 1. The van der Waals surface area contributed by atoms with Crippen molar-refractivity contribution in [2.45, 2.75) is 53.1 Å². The summed E-state index contributed by atoms with van der Waals surface area (Å²) in [6, 6.07) is -1.30. The Morgan fingerprint density at radius 2 is 1.76 bits per heavy atom. The number of rotatable bonds is 10. The van der Waals surface area contributed by atoms with Crippen molar-refractivity contribution in [2.75, 3.05) is 19.7 Å². The fraction of sp³-hybridized carbons (Fsp3) is 0.867. The van der Waals surface area contributed by atoms with E-state index in [4.69, 9.17) is 5.11 Å². The topological polar surface area (TPSA) is 89.9 Å². The average molecular weight is 302 g/mol. The summed E-state index contributed by atoms with van der Waals surface area (Å²) in [5.74, 6) is -1.08. The third-order valence-electron chi connectivity index (χ3n) is 3.41. The van der Waals surface area contributed by atoms with Gasteiger partial charge in [-0.15, -0.1) is 0 Å². The van der Waals surface area contributed by atoms with E-state index in [0.29, 0.717) is 19.5 Å². The molecular formula is C15H30N2O4. The van der Waals surface area contributed by atoms with Crippen LogP contribution in [0.3, 0.4) is 0 Å². The van der Waals surface area contributed by atoms with E-state index in [1.807, 2.05) is 39.5 Å². The lowest BCUT2D eigenvalue weighted by Crippen LogP contribution is -2.54. The van der Waals surface area contributed by atoms with Crippen LogP contribution in [0.5, 0.6) is 0 Å². The van der Waals surface area contributed by atoms with Crippen molar-refractivity contribution < 1.29 is 19.8 Å². The molecule has 2 atom stereocenters. The number of hydrogen-bond donors (Lipinski definition) is 3. The van der Waals surface area contributed by atoms with Gasteiger partial charge in [0.25, 0.3) is 0 Å². The number of aliphatic hydroxyl groups is 1. The van der Waals surface area contributed by atoms with E-state index in [1.165, 1.54) is 0 Å². The maximum Gasteiger partial charge on any atom is 0.326 e. The summed E-state index contributed by atoms with van der Waals surface area (Å²) < 4.78 is 0. The molecule has 0 aromatic heterocycles. The Balaban J connectivity index is 4.98. The molecule has 0 saturated carbocycles. The first-order chi connectivity index (χ1) is 9.74. The molecule has 0 rings (SSSR count). The first-order valence-electron chi connectivity index (χ1n) is 7.62. The fourth-order valence-electron chi connectivity index (χ4n) is 2.46. The zero-order chi connectivity index (χ0) is 16.6.